The normalized spacial score (nSPS) is 11.6. The van der Waals surface area contributed by atoms with Gasteiger partial charge in [-0.25, -0.2) is 9.97 Å². The Morgan fingerprint density at radius 3 is 2.84 bits per heavy atom. The van der Waals surface area contributed by atoms with Gasteiger partial charge >= 0.3 is 0 Å². The fourth-order valence-electron chi connectivity index (χ4n) is 2.84. The molecule has 0 saturated heterocycles. The van der Waals surface area contributed by atoms with Gasteiger partial charge in [-0.1, -0.05) is 31.7 Å². The number of ether oxygens (including phenoxy) is 1. The summed E-state index contributed by atoms with van der Waals surface area (Å²) in [6.45, 7) is 11.2. The molecule has 2 aromatic heterocycles. The van der Waals surface area contributed by atoms with Crippen LogP contribution in [-0.4, -0.2) is 32.6 Å². The first kappa shape index (κ1) is 17.7. The van der Waals surface area contributed by atoms with Gasteiger partial charge in [0.1, 0.15) is 11.3 Å². The Labute approximate surface area is 152 Å². The molecule has 0 atom stereocenters. The topological polar surface area (TPSA) is 52.8 Å². The molecule has 0 amide bonds. The van der Waals surface area contributed by atoms with Crippen molar-refractivity contribution in [3.05, 3.63) is 30.6 Å². The largest absolute Gasteiger partial charge is 0.494 e. The van der Waals surface area contributed by atoms with Crippen molar-refractivity contribution in [3.63, 3.8) is 0 Å². The molecule has 1 aromatic carbocycles. The molecule has 0 aliphatic rings. The van der Waals surface area contributed by atoms with Crippen molar-refractivity contribution in [3.8, 4) is 0 Å². The zero-order valence-electron chi connectivity index (χ0n) is 15.2. The highest BCUT2D eigenvalue weighted by Gasteiger charge is 2.17. The Morgan fingerprint density at radius 1 is 1.36 bits per heavy atom. The van der Waals surface area contributed by atoms with E-state index in [1.54, 1.807) is 0 Å². The molecule has 0 aliphatic carbocycles. The van der Waals surface area contributed by atoms with Crippen molar-refractivity contribution in [2.45, 2.75) is 44.8 Å². The Kier molecular flexibility index (Phi) is 5.27. The fraction of sp³-hybridized carbons (Fsp3) is 0.421. The summed E-state index contributed by atoms with van der Waals surface area (Å²) < 4.78 is 7.88. The third-order valence-electron chi connectivity index (χ3n) is 4.15. The summed E-state index contributed by atoms with van der Waals surface area (Å²) in [5.74, 6) is 0.678. The molecule has 132 valence electrons. The maximum absolute atomic E-state index is 5.86. The number of hydrogen-bond acceptors (Lipinski definition) is 5. The third kappa shape index (κ3) is 3.35. The van der Waals surface area contributed by atoms with Crippen LogP contribution in [0.2, 0.25) is 0 Å². The number of unbranched alkanes of at least 4 members (excludes halogenated alkanes) is 1. The SMILES string of the molecule is C=C(OCCCC)c1cc2cnc(SC)nc2c2c1cnn2C(C)C. The van der Waals surface area contributed by atoms with Crippen molar-refractivity contribution in [2.75, 3.05) is 12.9 Å². The van der Waals surface area contributed by atoms with Gasteiger partial charge < -0.3 is 4.74 Å². The summed E-state index contributed by atoms with van der Waals surface area (Å²) in [5, 5.41) is 7.35. The molecule has 0 saturated carbocycles. The minimum absolute atomic E-state index is 0.234. The number of nitrogens with zero attached hydrogens (tertiary/aromatic N) is 4. The molecule has 25 heavy (non-hydrogen) atoms. The van der Waals surface area contributed by atoms with E-state index in [1.165, 1.54) is 11.8 Å². The standard InChI is InChI=1S/C19H24N4OS/c1-6-7-8-24-13(4)15-9-14-10-20-19(25-5)22-17(14)18-16(15)11-21-23(18)12(2)3/h9-12H,4,6-8H2,1-3,5H3. The lowest BCUT2D eigenvalue weighted by Gasteiger charge is -2.13. The summed E-state index contributed by atoms with van der Waals surface area (Å²) in [4.78, 5) is 9.15. The van der Waals surface area contributed by atoms with Gasteiger partial charge in [0, 0.05) is 28.6 Å². The van der Waals surface area contributed by atoms with Crippen LogP contribution in [0.1, 0.15) is 45.2 Å². The molecule has 3 aromatic rings. The van der Waals surface area contributed by atoms with Crippen LogP contribution in [0.3, 0.4) is 0 Å². The smallest absolute Gasteiger partial charge is 0.187 e. The van der Waals surface area contributed by atoms with Gasteiger partial charge in [-0.15, -0.1) is 0 Å². The minimum Gasteiger partial charge on any atom is -0.494 e. The monoisotopic (exact) mass is 356 g/mol. The molecule has 0 spiro atoms. The van der Waals surface area contributed by atoms with Gasteiger partial charge in [-0.2, -0.15) is 5.10 Å². The van der Waals surface area contributed by atoms with E-state index in [2.05, 4.69) is 43.5 Å². The Morgan fingerprint density at radius 2 is 2.16 bits per heavy atom. The molecule has 0 N–H and O–H groups in total. The lowest BCUT2D eigenvalue weighted by Crippen LogP contribution is -2.04. The van der Waals surface area contributed by atoms with Crippen LogP contribution in [-0.2, 0) is 4.74 Å². The predicted molar refractivity (Wildman–Crippen MR) is 105 cm³/mol. The average Bonchev–Trinajstić information content (AvgIpc) is 3.06. The van der Waals surface area contributed by atoms with Crippen molar-refractivity contribution in [1.82, 2.24) is 19.7 Å². The highest BCUT2D eigenvalue weighted by molar-refractivity contribution is 7.98. The molecule has 0 fully saturated rings. The number of aromatic nitrogens is 4. The van der Waals surface area contributed by atoms with Crippen LogP contribution in [0.5, 0.6) is 0 Å². The average molecular weight is 356 g/mol. The summed E-state index contributed by atoms with van der Waals surface area (Å²) in [6, 6.07) is 2.29. The van der Waals surface area contributed by atoms with Crippen molar-refractivity contribution >= 4 is 39.3 Å². The van der Waals surface area contributed by atoms with Gasteiger partial charge in [0.05, 0.1) is 18.3 Å². The lowest BCUT2D eigenvalue weighted by molar-refractivity contribution is 0.271. The van der Waals surface area contributed by atoms with E-state index >= 15 is 0 Å². The van der Waals surface area contributed by atoms with Crippen LogP contribution in [0, 0.1) is 0 Å². The second-order valence-electron chi connectivity index (χ2n) is 6.29. The third-order valence-corrected chi connectivity index (χ3v) is 4.71. The Balaban J connectivity index is 2.22. The van der Waals surface area contributed by atoms with E-state index in [0.717, 1.165) is 45.4 Å². The van der Waals surface area contributed by atoms with Crippen LogP contribution in [0.4, 0.5) is 0 Å². The molecular formula is C19H24N4OS. The fourth-order valence-corrected chi connectivity index (χ4v) is 3.18. The van der Waals surface area contributed by atoms with Crippen molar-refractivity contribution in [1.29, 1.82) is 0 Å². The van der Waals surface area contributed by atoms with E-state index in [4.69, 9.17) is 9.72 Å². The molecule has 5 nitrogen and oxygen atoms in total. The van der Waals surface area contributed by atoms with Crippen molar-refractivity contribution in [2.24, 2.45) is 0 Å². The Hall–Kier alpha value is -2.08. The molecule has 0 unspecified atom stereocenters. The zero-order chi connectivity index (χ0) is 18.0. The first-order valence-corrected chi connectivity index (χ1v) is 9.82. The van der Waals surface area contributed by atoms with E-state index in [0.29, 0.717) is 12.4 Å². The molecule has 0 bridgehead atoms. The first-order valence-electron chi connectivity index (χ1n) is 8.59. The summed E-state index contributed by atoms with van der Waals surface area (Å²) in [6.07, 6.45) is 7.85. The number of thioether (sulfide) groups is 1. The number of hydrogen-bond donors (Lipinski definition) is 0. The van der Waals surface area contributed by atoms with Gasteiger partial charge in [0.25, 0.3) is 0 Å². The maximum atomic E-state index is 5.86. The highest BCUT2D eigenvalue weighted by Crippen LogP contribution is 2.33. The maximum Gasteiger partial charge on any atom is 0.187 e. The number of fused-ring (bicyclic) bond motifs is 3. The van der Waals surface area contributed by atoms with Crippen LogP contribution in [0.25, 0.3) is 27.6 Å². The van der Waals surface area contributed by atoms with E-state index < -0.39 is 0 Å². The molecule has 0 aliphatic heterocycles. The Bertz CT molecular complexity index is 917. The molecular weight excluding hydrogens is 332 g/mol. The second kappa shape index (κ2) is 7.44. The van der Waals surface area contributed by atoms with E-state index in [-0.39, 0.29) is 6.04 Å². The summed E-state index contributed by atoms with van der Waals surface area (Å²) in [5.41, 5.74) is 2.90. The van der Waals surface area contributed by atoms with Crippen LogP contribution in [0.15, 0.2) is 30.2 Å². The molecule has 0 radical (unpaired) electrons. The van der Waals surface area contributed by atoms with Crippen LogP contribution >= 0.6 is 11.8 Å². The minimum atomic E-state index is 0.234. The molecule has 2 heterocycles. The number of benzene rings is 1. The first-order chi connectivity index (χ1) is 12.1. The molecule has 3 rings (SSSR count). The van der Waals surface area contributed by atoms with Gasteiger partial charge in [0.2, 0.25) is 0 Å². The van der Waals surface area contributed by atoms with Gasteiger partial charge in [0.15, 0.2) is 5.16 Å². The summed E-state index contributed by atoms with van der Waals surface area (Å²) >= 11 is 1.54. The summed E-state index contributed by atoms with van der Waals surface area (Å²) in [7, 11) is 0. The zero-order valence-corrected chi connectivity index (χ0v) is 16.1. The van der Waals surface area contributed by atoms with Crippen molar-refractivity contribution < 1.29 is 4.74 Å². The lowest BCUT2D eigenvalue weighted by atomic mass is 10.1. The van der Waals surface area contributed by atoms with E-state index in [9.17, 15) is 0 Å². The predicted octanol–water partition coefficient (Wildman–Crippen LogP) is 5.07. The second-order valence-corrected chi connectivity index (χ2v) is 7.06. The quantitative estimate of drug-likeness (QED) is 0.256. The van der Waals surface area contributed by atoms with E-state index in [1.807, 2.05) is 23.3 Å². The highest BCUT2D eigenvalue weighted by atomic mass is 32.2. The van der Waals surface area contributed by atoms with Gasteiger partial charge in [-0.05, 0) is 32.6 Å². The van der Waals surface area contributed by atoms with Crippen LogP contribution < -0.4 is 0 Å². The molecule has 6 heteroatoms. The number of rotatable bonds is 7. The van der Waals surface area contributed by atoms with Gasteiger partial charge in [-0.3, -0.25) is 4.68 Å².